The van der Waals surface area contributed by atoms with Crippen molar-refractivity contribution in [3.05, 3.63) is 59.1 Å². The lowest BCUT2D eigenvalue weighted by Gasteiger charge is -2.11. The molecule has 0 spiro atoms. The van der Waals surface area contributed by atoms with E-state index in [1.54, 1.807) is 11.8 Å². The SMILES string of the molecule is CCOCCSc1nnc(-c2cccc(C)c2)n1-c1ccc(Cl)cc1. The van der Waals surface area contributed by atoms with E-state index >= 15 is 0 Å². The second-order valence-corrected chi connectivity index (χ2v) is 7.03. The molecule has 1 heterocycles. The summed E-state index contributed by atoms with van der Waals surface area (Å²) in [5.74, 6) is 1.65. The van der Waals surface area contributed by atoms with Crippen LogP contribution in [0.5, 0.6) is 0 Å². The zero-order valence-corrected chi connectivity index (χ0v) is 15.8. The van der Waals surface area contributed by atoms with Crippen molar-refractivity contribution in [3.63, 3.8) is 0 Å². The van der Waals surface area contributed by atoms with Gasteiger partial charge in [0.05, 0.1) is 6.61 Å². The Kier molecular flexibility index (Phi) is 6.13. The molecule has 2 aromatic carbocycles. The van der Waals surface area contributed by atoms with Crippen LogP contribution in [0.25, 0.3) is 17.1 Å². The predicted molar refractivity (Wildman–Crippen MR) is 104 cm³/mol. The van der Waals surface area contributed by atoms with E-state index in [2.05, 4.69) is 39.9 Å². The highest BCUT2D eigenvalue weighted by atomic mass is 35.5. The quantitative estimate of drug-likeness (QED) is 0.430. The van der Waals surface area contributed by atoms with Gasteiger partial charge in [-0.25, -0.2) is 0 Å². The monoisotopic (exact) mass is 373 g/mol. The predicted octanol–water partition coefficient (Wildman–Crippen LogP) is 5.02. The van der Waals surface area contributed by atoms with Gasteiger partial charge in [-0.05, 0) is 44.2 Å². The maximum atomic E-state index is 6.05. The van der Waals surface area contributed by atoms with Crippen LogP contribution in [-0.2, 0) is 4.74 Å². The number of hydrogen-bond acceptors (Lipinski definition) is 4. The van der Waals surface area contributed by atoms with Gasteiger partial charge in [0.25, 0.3) is 0 Å². The summed E-state index contributed by atoms with van der Waals surface area (Å²) in [5, 5.41) is 10.4. The molecule has 0 atom stereocenters. The van der Waals surface area contributed by atoms with E-state index in [9.17, 15) is 0 Å². The smallest absolute Gasteiger partial charge is 0.196 e. The number of rotatable bonds is 7. The van der Waals surface area contributed by atoms with Crippen molar-refractivity contribution in [1.29, 1.82) is 0 Å². The third-order valence-electron chi connectivity index (χ3n) is 3.66. The van der Waals surface area contributed by atoms with E-state index in [0.29, 0.717) is 11.6 Å². The fourth-order valence-electron chi connectivity index (χ4n) is 2.49. The molecule has 0 amide bonds. The van der Waals surface area contributed by atoms with Crippen LogP contribution in [0.15, 0.2) is 53.7 Å². The Labute approximate surface area is 157 Å². The van der Waals surface area contributed by atoms with Crippen LogP contribution in [0.4, 0.5) is 0 Å². The first-order valence-corrected chi connectivity index (χ1v) is 9.54. The van der Waals surface area contributed by atoms with E-state index in [0.717, 1.165) is 34.6 Å². The summed E-state index contributed by atoms with van der Waals surface area (Å²) in [6.45, 7) is 5.48. The maximum Gasteiger partial charge on any atom is 0.196 e. The molecule has 6 heteroatoms. The Balaban J connectivity index is 2.00. The summed E-state index contributed by atoms with van der Waals surface area (Å²) in [6, 6.07) is 16.0. The van der Waals surface area contributed by atoms with Gasteiger partial charge in [0.1, 0.15) is 0 Å². The summed E-state index contributed by atoms with van der Waals surface area (Å²) in [6.07, 6.45) is 0. The highest BCUT2D eigenvalue weighted by molar-refractivity contribution is 7.99. The number of halogens is 1. The third kappa shape index (κ3) is 4.42. The lowest BCUT2D eigenvalue weighted by Crippen LogP contribution is -2.02. The van der Waals surface area contributed by atoms with Gasteiger partial charge in [-0.15, -0.1) is 10.2 Å². The summed E-state index contributed by atoms with van der Waals surface area (Å²) in [5.41, 5.74) is 3.22. The molecule has 0 N–H and O–H groups in total. The molecule has 1 aromatic heterocycles. The van der Waals surface area contributed by atoms with Crippen molar-refractivity contribution in [2.75, 3.05) is 19.0 Å². The van der Waals surface area contributed by atoms with Gasteiger partial charge in [-0.1, -0.05) is 47.1 Å². The Morgan fingerprint density at radius 3 is 2.64 bits per heavy atom. The first-order chi connectivity index (χ1) is 12.2. The summed E-state index contributed by atoms with van der Waals surface area (Å²) in [4.78, 5) is 0. The van der Waals surface area contributed by atoms with E-state index in [1.807, 2.05) is 37.3 Å². The fourth-order valence-corrected chi connectivity index (χ4v) is 3.42. The molecule has 3 rings (SSSR count). The number of thioether (sulfide) groups is 1. The highest BCUT2D eigenvalue weighted by Gasteiger charge is 2.16. The van der Waals surface area contributed by atoms with Gasteiger partial charge in [-0.2, -0.15) is 0 Å². The standard InChI is InChI=1S/C19H20ClN3OS/c1-3-24-11-12-25-19-22-21-18(15-6-4-5-14(2)13-15)23(19)17-9-7-16(20)8-10-17/h4-10,13H,3,11-12H2,1-2H3. The first kappa shape index (κ1) is 18.0. The van der Waals surface area contributed by atoms with Crippen LogP contribution < -0.4 is 0 Å². The van der Waals surface area contributed by atoms with E-state index < -0.39 is 0 Å². The average molecular weight is 374 g/mol. The van der Waals surface area contributed by atoms with E-state index in [1.165, 1.54) is 5.56 Å². The molecule has 0 aliphatic rings. The molecule has 0 aliphatic carbocycles. The van der Waals surface area contributed by atoms with Crippen molar-refractivity contribution >= 4 is 23.4 Å². The van der Waals surface area contributed by atoms with Crippen molar-refractivity contribution in [1.82, 2.24) is 14.8 Å². The van der Waals surface area contributed by atoms with Crippen molar-refractivity contribution in [2.24, 2.45) is 0 Å². The second-order valence-electron chi connectivity index (χ2n) is 5.53. The van der Waals surface area contributed by atoms with Gasteiger partial charge in [0.15, 0.2) is 11.0 Å². The molecular formula is C19H20ClN3OS. The minimum atomic E-state index is 0.689. The molecule has 25 heavy (non-hydrogen) atoms. The van der Waals surface area contributed by atoms with E-state index in [-0.39, 0.29) is 0 Å². The Morgan fingerprint density at radius 1 is 1.12 bits per heavy atom. The second kappa shape index (κ2) is 8.52. The Morgan fingerprint density at radius 2 is 1.92 bits per heavy atom. The first-order valence-electron chi connectivity index (χ1n) is 8.18. The Hall–Kier alpha value is -1.82. The number of nitrogens with zero attached hydrogens (tertiary/aromatic N) is 3. The molecule has 3 aromatic rings. The number of aromatic nitrogens is 3. The summed E-state index contributed by atoms with van der Waals surface area (Å²) < 4.78 is 7.50. The number of benzene rings is 2. The number of hydrogen-bond donors (Lipinski definition) is 0. The van der Waals surface area contributed by atoms with Crippen LogP contribution in [0.3, 0.4) is 0 Å². The van der Waals surface area contributed by atoms with Gasteiger partial charge in [0, 0.05) is 28.6 Å². The van der Waals surface area contributed by atoms with Crippen LogP contribution in [0, 0.1) is 6.92 Å². The normalized spacial score (nSPS) is 11.0. The van der Waals surface area contributed by atoms with E-state index in [4.69, 9.17) is 16.3 Å². The lowest BCUT2D eigenvalue weighted by molar-refractivity contribution is 0.164. The topological polar surface area (TPSA) is 39.9 Å². The highest BCUT2D eigenvalue weighted by Crippen LogP contribution is 2.28. The minimum absolute atomic E-state index is 0.689. The Bertz CT molecular complexity index is 833. The zero-order chi connectivity index (χ0) is 17.6. The van der Waals surface area contributed by atoms with Gasteiger partial charge >= 0.3 is 0 Å². The maximum absolute atomic E-state index is 6.05. The number of ether oxygens (including phenoxy) is 1. The van der Waals surface area contributed by atoms with Crippen LogP contribution in [-0.4, -0.2) is 33.7 Å². The fraction of sp³-hybridized carbons (Fsp3) is 0.263. The summed E-state index contributed by atoms with van der Waals surface area (Å²) in [7, 11) is 0. The molecule has 0 bridgehead atoms. The van der Waals surface area contributed by atoms with Crippen LogP contribution in [0.2, 0.25) is 5.02 Å². The van der Waals surface area contributed by atoms with Gasteiger partial charge in [-0.3, -0.25) is 4.57 Å². The molecule has 4 nitrogen and oxygen atoms in total. The third-order valence-corrected chi connectivity index (χ3v) is 4.80. The summed E-state index contributed by atoms with van der Waals surface area (Å²) >= 11 is 7.68. The molecule has 0 saturated heterocycles. The van der Waals surface area contributed by atoms with Crippen molar-refractivity contribution in [2.45, 2.75) is 19.0 Å². The molecular weight excluding hydrogens is 354 g/mol. The molecule has 0 fully saturated rings. The molecule has 0 saturated carbocycles. The van der Waals surface area contributed by atoms with Crippen LogP contribution >= 0.6 is 23.4 Å². The zero-order valence-electron chi connectivity index (χ0n) is 14.3. The largest absolute Gasteiger partial charge is 0.381 e. The molecule has 0 unspecified atom stereocenters. The lowest BCUT2D eigenvalue weighted by atomic mass is 10.1. The molecule has 130 valence electrons. The van der Waals surface area contributed by atoms with Crippen molar-refractivity contribution in [3.8, 4) is 17.1 Å². The minimum Gasteiger partial charge on any atom is -0.381 e. The van der Waals surface area contributed by atoms with Crippen molar-refractivity contribution < 1.29 is 4.74 Å². The van der Waals surface area contributed by atoms with Gasteiger partial charge in [0.2, 0.25) is 0 Å². The molecule has 0 radical (unpaired) electrons. The van der Waals surface area contributed by atoms with Crippen LogP contribution in [0.1, 0.15) is 12.5 Å². The average Bonchev–Trinajstić information content (AvgIpc) is 3.03. The molecule has 0 aliphatic heterocycles. The number of aryl methyl sites for hydroxylation is 1. The van der Waals surface area contributed by atoms with Gasteiger partial charge < -0.3 is 4.74 Å².